The standard InChI is InChI=1S/C15H23N3O/c1-10(2)18(11(3)4)8-6-12-9-17-13-5-7-16-15(19)14(12)13/h5,7,9-11,17H,6,8H2,1-4H3,(H,16,19). The van der Waals surface area contributed by atoms with E-state index in [9.17, 15) is 4.79 Å². The van der Waals surface area contributed by atoms with Crippen LogP contribution in [0.4, 0.5) is 0 Å². The molecule has 0 radical (unpaired) electrons. The molecule has 2 heterocycles. The zero-order valence-corrected chi connectivity index (χ0v) is 12.2. The van der Waals surface area contributed by atoms with E-state index in [1.54, 1.807) is 6.20 Å². The molecular formula is C15H23N3O. The monoisotopic (exact) mass is 261 g/mol. The zero-order chi connectivity index (χ0) is 14.0. The average molecular weight is 261 g/mol. The summed E-state index contributed by atoms with van der Waals surface area (Å²) in [6.07, 6.45) is 4.53. The Balaban J connectivity index is 2.20. The summed E-state index contributed by atoms with van der Waals surface area (Å²) in [6, 6.07) is 2.94. The van der Waals surface area contributed by atoms with E-state index in [-0.39, 0.29) is 5.56 Å². The Morgan fingerprint density at radius 1 is 1.16 bits per heavy atom. The van der Waals surface area contributed by atoms with E-state index in [1.165, 1.54) is 0 Å². The Kier molecular flexibility index (Phi) is 4.10. The maximum Gasteiger partial charge on any atom is 0.257 e. The molecule has 0 aliphatic heterocycles. The van der Waals surface area contributed by atoms with Gasteiger partial charge < -0.3 is 9.97 Å². The van der Waals surface area contributed by atoms with Crippen LogP contribution in [0.25, 0.3) is 10.9 Å². The minimum Gasteiger partial charge on any atom is -0.361 e. The molecule has 104 valence electrons. The lowest BCUT2D eigenvalue weighted by Crippen LogP contribution is -2.38. The minimum absolute atomic E-state index is 0.00519. The summed E-state index contributed by atoms with van der Waals surface area (Å²) in [6.45, 7) is 9.81. The van der Waals surface area contributed by atoms with Gasteiger partial charge in [0.05, 0.1) is 10.9 Å². The second-order valence-electron chi connectivity index (χ2n) is 5.58. The fraction of sp³-hybridized carbons (Fsp3) is 0.533. The van der Waals surface area contributed by atoms with Gasteiger partial charge in [-0.05, 0) is 45.7 Å². The normalized spacial score (nSPS) is 12.2. The Morgan fingerprint density at radius 2 is 1.84 bits per heavy atom. The van der Waals surface area contributed by atoms with E-state index in [4.69, 9.17) is 0 Å². The molecule has 0 saturated carbocycles. The topological polar surface area (TPSA) is 51.9 Å². The van der Waals surface area contributed by atoms with Crippen molar-refractivity contribution in [3.63, 3.8) is 0 Å². The van der Waals surface area contributed by atoms with E-state index in [2.05, 4.69) is 42.6 Å². The lowest BCUT2D eigenvalue weighted by molar-refractivity contribution is 0.177. The fourth-order valence-electron chi connectivity index (χ4n) is 2.71. The number of H-pyrrole nitrogens is 2. The summed E-state index contributed by atoms with van der Waals surface area (Å²) in [4.78, 5) is 20.2. The quantitative estimate of drug-likeness (QED) is 0.869. The number of fused-ring (bicyclic) bond motifs is 1. The first kappa shape index (κ1) is 13.9. The van der Waals surface area contributed by atoms with E-state index in [1.807, 2.05) is 12.3 Å². The first-order chi connectivity index (χ1) is 9.00. The molecule has 2 N–H and O–H groups in total. The summed E-state index contributed by atoms with van der Waals surface area (Å²) in [5.74, 6) is 0. The average Bonchev–Trinajstić information content (AvgIpc) is 2.73. The minimum atomic E-state index is -0.00519. The van der Waals surface area contributed by atoms with Crippen molar-refractivity contribution in [2.75, 3.05) is 6.54 Å². The molecule has 0 fully saturated rings. The van der Waals surface area contributed by atoms with Crippen LogP contribution in [0.3, 0.4) is 0 Å². The largest absolute Gasteiger partial charge is 0.361 e. The molecule has 0 aliphatic carbocycles. The van der Waals surface area contributed by atoms with Gasteiger partial charge in [0.1, 0.15) is 0 Å². The molecule has 0 spiro atoms. The van der Waals surface area contributed by atoms with Crippen LogP contribution in [0.5, 0.6) is 0 Å². The van der Waals surface area contributed by atoms with Gasteiger partial charge in [-0.25, -0.2) is 0 Å². The lowest BCUT2D eigenvalue weighted by Gasteiger charge is -2.30. The number of aromatic nitrogens is 2. The SMILES string of the molecule is CC(C)N(CCc1c[nH]c2cc[nH]c(=O)c12)C(C)C. The molecule has 19 heavy (non-hydrogen) atoms. The van der Waals surface area contributed by atoms with Crippen LogP contribution in [0.15, 0.2) is 23.3 Å². The van der Waals surface area contributed by atoms with Crippen molar-refractivity contribution in [2.45, 2.75) is 46.2 Å². The van der Waals surface area contributed by atoms with Gasteiger partial charge in [-0.1, -0.05) is 0 Å². The van der Waals surface area contributed by atoms with Crippen LogP contribution in [0.1, 0.15) is 33.3 Å². The molecule has 4 nitrogen and oxygen atoms in total. The summed E-state index contributed by atoms with van der Waals surface area (Å²) < 4.78 is 0. The zero-order valence-electron chi connectivity index (χ0n) is 12.2. The number of pyridine rings is 1. The van der Waals surface area contributed by atoms with Crippen molar-refractivity contribution in [1.29, 1.82) is 0 Å². The number of hydrogen-bond acceptors (Lipinski definition) is 2. The molecule has 2 rings (SSSR count). The Bertz CT molecular complexity index is 587. The molecule has 4 heteroatoms. The van der Waals surface area contributed by atoms with E-state index < -0.39 is 0 Å². The van der Waals surface area contributed by atoms with Gasteiger partial charge in [0, 0.05) is 31.0 Å². The second kappa shape index (κ2) is 5.61. The molecular weight excluding hydrogens is 238 g/mol. The highest BCUT2D eigenvalue weighted by atomic mass is 16.1. The van der Waals surface area contributed by atoms with Gasteiger partial charge in [-0.2, -0.15) is 0 Å². The molecule has 0 aromatic carbocycles. The van der Waals surface area contributed by atoms with E-state index in [0.29, 0.717) is 12.1 Å². The number of nitrogens with zero attached hydrogens (tertiary/aromatic N) is 1. The molecule has 0 bridgehead atoms. The summed E-state index contributed by atoms with van der Waals surface area (Å²) in [5, 5.41) is 0.801. The highest BCUT2D eigenvalue weighted by Crippen LogP contribution is 2.15. The third kappa shape index (κ3) is 2.89. The Hall–Kier alpha value is -1.55. The molecule has 0 unspecified atom stereocenters. The van der Waals surface area contributed by atoms with Crippen molar-refractivity contribution < 1.29 is 0 Å². The molecule has 0 aliphatic rings. The first-order valence-corrected chi connectivity index (χ1v) is 6.94. The maximum absolute atomic E-state index is 11.9. The van der Waals surface area contributed by atoms with Crippen molar-refractivity contribution in [2.24, 2.45) is 0 Å². The predicted octanol–water partition coefficient (Wildman–Crippen LogP) is 2.52. The summed E-state index contributed by atoms with van der Waals surface area (Å²) in [5.41, 5.74) is 2.01. The van der Waals surface area contributed by atoms with Crippen LogP contribution in [0.2, 0.25) is 0 Å². The molecule has 0 amide bonds. The van der Waals surface area contributed by atoms with E-state index in [0.717, 1.165) is 29.4 Å². The predicted molar refractivity (Wildman–Crippen MR) is 79.6 cm³/mol. The summed E-state index contributed by atoms with van der Waals surface area (Å²) in [7, 11) is 0. The van der Waals surface area contributed by atoms with Gasteiger partial charge in [0.2, 0.25) is 0 Å². The fourth-order valence-corrected chi connectivity index (χ4v) is 2.71. The Morgan fingerprint density at radius 3 is 2.47 bits per heavy atom. The third-order valence-electron chi connectivity index (χ3n) is 3.65. The van der Waals surface area contributed by atoms with Crippen molar-refractivity contribution in [3.05, 3.63) is 34.4 Å². The van der Waals surface area contributed by atoms with Gasteiger partial charge in [-0.3, -0.25) is 9.69 Å². The number of nitrogens with one attached hydrogen (secondary N) is 2. The molecule has 0 saturated heterocycles. The molecule has 0 atom stereocenters. The second-order valence-corrected chi connectivity index (χ2v) is 5.58. The smallest absolute Gasteiger partial charge is 0.257 e. The van der Waals surface area contributed by atoms with Crippen LogP contribution in [0, 0.1) is 0 Å². The van der Waals surface area contributed by atoms with E-state index >= 15 is 0 Å². The van der Waals surface area contributed by atoms with Gasteiger partial charge in [-0.15, -0.1) is 0 Å². The summed E-state index contributed by atoms with van der Waals surface area (Å²) >= 11 is 0. The number of aromatic amines is 2. The van der Waals surface area contributed by atoms with Crippen LogP contribution in [-0.2, 0) is 6.42 Å². The van der Waals surface area contributed by atoms with Gasteiger partial charge >= 0.3 is 0 Å². The van der Waals surface area contributed by atoms with Crippen molar-refractivity contribution >= 4 is 10.9 Å². The van der Waals surface area contributed by atoms with Crippen molar-refractivity contribution in [1.82, 2.24) is 14.9 Å². The lowest BCUT2D eigenvalue weighted by atomic mass is 10.1. The molecule has 2 aromatic heterocycles. The van der Waals surface area contributed by atoms with Crippen molar-refractivity contribution in [3.8, 4) is 0 Å². The van der Waals surface area contributed by atoms with Crippen LogP contribution >= 0.6 is 0 Å². The molecule has 2 aromatic rings. The van der Waals surface area contributed by atoms with Crippen LogP contribution < -0.4 is 5.56 Å². The third-order valence-corrected chi connectivity index (χ3v) is 3.65. The maximum atomic E-state index is 11.9. The highest BCUT2D eigenvalue weighted by molar-refractivity contribution is 5.81. The van der Waals surface area contributed by atoms with Gasteiger partial charge in [0.25, 0.3) is 5.56 Å². The number of hydrogen-bond donors (Lipinski definition) is 2. The number of rotatable bonds is 5. The Labute approximate surface area is 113 Å². The highest BCUT2D eigenvalue weighted by Gasteiger charge is 2.14. The first-order valence-electron chi connectivity index (χ1n) is 6.94. The van der Waals surface area contributed by atoms with Gasteiger partial charge in [0.15, 0.2) is 0 Å². The van der Waals surface area contributed by atoms with Crippen LogP contribution in [-0.4, -0.2) is 33.5 Å².